The largest absolute Gasteiger partial charge is 0.387 e. The molecule has 1 unspecified atom stereocenters. The predicted molar refractivity (Wildman–Crippen MR) is 175 cm³/mol. The van der Waals surface area contributed by atoms with Crippen molar-refractivity contribution in [3.63, 3.8) is 0 Å². The van der Waals surface area contributed by atoms with Crippen LogP contribution in [0.1, 0.15) is 194 Å². The second-order valence-electron chi connectivity index (χ2n) is 12.1. The van der Waals surface area contributed by atoms with E-state index >= 15 is 0 Å². The summed E-state index contributed by atoms with van der Waals surface area (Å²) in [5.74, 6) is 1.33. The Morgan fingerprint density at radius 2 is 0.868 bits per heavy atom. The predicted octanol–water partition coefficient (Wildman–Crippen LogP) is 11.1. The van der Waals surface area contributed by atoms with Crippen molar-refractivity contribution in [1.29, 1.82) is 0 Å². The van der Waals surface area contributed by atoms with Gasteiger partial charge < -0.3 is 11.1 Å². The van der Waals surface area contributed by atoms with Crippen molar-refractivity contribution in [2.45, 2.75) is 194 Å². The normalized spacial score (nSPS) is 12.9. The fourth-order valence-corrected chi connectivity index (χ4v) is 5.46. The number of hydrogen-bond donors (Lipinski definition) is 2. The van der Waals surface area contributed by atoms with E-state index in [0.29, 0.717) is 5.92 Å². The standard InChI is InChI=1S/C35H73N3/c1-4-7-10-12-14-16-18-20-22-24-26-28-31-37-33-34(30-9-6-3)35(36)38-32-29-27-25-23-21-19-17-15-13-11-8-5-2/h34,37H,4-33H2,1-3H3,(H2,36,38). The molecule has 0 heterocycles. The molecule has 0 fully saturated rings. The summed E-state index contributed by atoms with van der Waals surface area (Å²) in [7, 11) is 0. The van der Waals surface area contributed by atoms with Crippen LogP contribution >= 0.6 is 0 Å². The minimum atomic E-state index is 0.421. The summed E-state index contributed by atoms with van der Waals surface area (Å²) in [4.78, 5) is 4.80. The minimum absolute atomic E-state index is 0.421. The Labute approximate surface area is 241 Å². The molecule has 3 heteroatoms. The quantitative estimate of drug-likeness (QED) is 0.0511. The number of unbranched alkanes of at least 4 members (excludes halogenated alkanes) is 23. The number of nitrogens with zero attached hydrogens (tertiary/aromatic N) is 1. The molecule has 0 radical (unpaired) electrons. The topological polar surface area (TPSA) is 50.4 Å². The van der Waals surface area contributed by atoms with Crippen molar-refractivity contribution in [3.05, 3.63) is 0 Å². The summed E-state index contributed by atoms with van der Waals surface area (Å²) in [6, 6.07) is 0. The smallest absolute Gasteiger partial charge is 0.0981 e. The summed E-state index contributed by atoms with van der Waals surface area (Å²) < 4.78 is 0. The molecule has 38 heavy (non-hydrogen) atoms. The molecule has 3 nitrogen and oxygen atoms in total. The van der Waals surface area contributed by atoms with E-state index in [1.165, 1.54) is 173 Å². The molecule has 228 valence electrons. The SMILES string of the molecule is CCCCCCCCCCCCCCN=C(N)C(CCCC)CNCCCCCCCCCCCCCC. The highest BCUT2D eigenvalue weighted by Crippen LogP contribution is 2.14. The molecule has 0 spiro atoms. The van der Waals surface area contributed by atoms with Gasteiger partial charge in [-0.1, -0.05) is 175 Å². The van der Waals surface area contributed by atoms with Gasteiger partial charge in [0, 0.05) is 19.0 Å². The molecule has 0 aliphatic carbocycles. The Hall–Kier alpha value is -0.570. The van der Waals surface area contributed by atoms with E-state index in [4.69, 9.17) is 10.7 Å². The first-order valence-electron chi connectivity index (χ1n) is 17.8. The van der Waals surface area contributed by atoms with Crippen LogP contribution in [-0.2, 0) is 0 Å². The lowest BCUT2D eigenvalue weighted by molar-refractivity contribution is 0.501. The van der Waals surface area contributed by atoms with Crippen LogP contribution in [-0.4, -0.2) is 25.5 Å². The first-order valence-corrected chi connectivity index (χ1v) is 17.8. The Balaban J connectivity index is 3.71. The highest BCUT2D eigenvalue weighted by molar-refractivity contribution is 5.83. The average Bonchev–Trinajstić information content (AvgIpc) is 2.93. The van der Waals surface area contributed by atoms with Gasteiger partial charge in [0.1, 0.15) is 0 Å². The van der Waals surface area contributed by atoms with Gasteiger partial charge >= 0.3 is 0 Å². The zero-order valence-electron chi connectivity index (χ0n) is 26.8. The zero-order chi connectivity index (χ0) is 27.8. The van der Waals surface area contributed by atoms with Gasteiger partial charge in [-0.05, 0) is 25.8 Å². The van der Waals surface area contributed by atoms with Crippen molar-refractivity contribution in [3.8, 4) is 0 Å². The van der Waals surface area contributed by atoms with Crippen molar-refractivity contribution in [1.82, 2.24) is 5.32 Å². The van der Waals surface area contributed by atoms with E-state index in [2.05, 4.69) is 26.1 Å². The Morgan fingerprint density at radius 1 is 0.500 bits per heavy atom. The van der Waals surface area contributed by atoms with Gasteiger partial charge in [-0.2, -0.15) is 0 Å². The van der Waals surface area contributed by atoms with E-state index in [1.54, 1.807) is 0 Å². The molecule has 1 atom stereocenters. The van der Waals surface area contributed by atoms with Gasteiger partial charge in [-0.3, -0.25) is 4.99 Å². The third-order valence-electron chi connectivity index (χ3n) is 8.23. The first-order chi connectivity index (χ1) is 18.8. The molecule has 0 saturated carbocycles. The van der Waals surface area contributed by atoms with Crippen LogP contribution in [0, 0.1) is 5.92 Å². The highest BCUT2D eigenvalue weighted by Gasteiger charge is 2.12. The molecule has 0 aliphatic heterocycles. The van der Waals surface area contributed by atoms with E-state index in [9.17, 15) is 0 Å². The van der Waals surface area contributed by atoms with Gasteiger partial charge in [0.15, 0.2) is 0 Å². The molecule has 0 aliphatic rings. The van der Waals surface area contributed by atoms with Crippen LogP contribution in [0.4, 0.5) is 0 Å². The second-order valence-corrected chi connectivity index (χ2v) is 12.1. The summed E-state index contributed by atoms with van der Waals surface area (Å²) >= 11 is 0. The zero-order valence-corrected chi connectivity index (χ0v) is 26.8. The molecule has 0 rings (SSSR count). The lowest BCUT2D eigenvalue weighted by atomic mass is 10.0. The number of amidine groups is 1. The van der Waals surface area contributed by atoms with Crippen molar-refractivity contribution >= 4 is 5.84 Å². The molecule has 0 aromatic heterocycles. The van der Waals surface area contributed by atoms with Gasteiger partial charge in [0.25, 0.3) is 0 Å². The van der Waals surface area contributed by atoms with Crippen LogP contribution in [0.3, 0.4) is 0 Å². The van der Waals surface area contributed by atoms with Gasteiger partial charge in [-0.15, -0.1) is 0 Å². The molecule has 3 N–H and O–H groups in total. The van der Waals surface area contributed by atoms with Gasteiger partial charge in [0.05, 0.1) is 5.84 Å². The number of hydrogen-bond acceptors (Lipinski definition) is 2. The van der Waals surface area contributed by atoms with Crippen LogP contribution in [0.15, 0.2) is 4.99 Å². The van der Waals surface area contributed by atoms with Gasteiger partial charge in [0.2, 0.25) is 0 Å². The van der Waals surface area contributed by atoms with E-state index in [-0.39, 0.29) is 0 Å². The monoisotopic (exact) mass is 536 g/mol. The summed E-state index contributed by atoms with van der Waals surface area (Å²) in [5.41, 5.74) is 6.46. The van der Waals surface area contributed by atoms with Crippen LogP contribution in [0.2, 0.25) is 0 Å². The van der Waals surface area contributed by atoms with Crippen LogP contribution < -0.4 is 11.1 Å². The third-order valence-corrected chi connectivity index (χ3v) is 8.23. The number of nitrogens with two attached hydrogens (primary N) is 1. The van der Waals surface area contributed by atoms with Crippen molar-refractivity contribution < 1.29 is 0 Å². The number of aliphatic imine (C=N–C) groups is 1. The Bertz CT molecular complexity index is 462. The Morgan fingerprint density at radius 3 is 1.29 bits per heavy atom. The lowest BCUT2D eigenvalue weighted by Gasteiger charge is -2.17. The second kappa shape index (κ2) is 32.6. The number of nitrogens with one attached hydrogen (secondary N) is 1. The fraction of sp³-hybridized carbons (Fsp3) is 0.971. The maximum Gasteiger partial charge on any atom is 0.0981 e. The third kappa shape index (κ3) is 28.4. The van der Waals surface area contributed by atoms with Gasteiger partial charge in [-0.25, -0.2) is 0 Å². The molecule has 0 aromatic rings. The first kappa shape index (κ1) is 37.4. The highest BCUT2D eigenvalue weighted by atomic mass is 14.9. The Kier molecular flexibility index (Phi) is 32.2. The van der Waals surface area contributed by atoms with Crippen LogP contribution in [0.25, 0.3) is 0 Å². The minimum Gasteiger partial charge on any atom is -0.387 e. The molecular weight excluding hydrogens is 462 g/mol. The molecular formula is C35H73N3. The van der Waals surface area contributed by atoms with E-state index < -0.39 is 0 Å². The molecule has 0 bridgehead atoms. The summed E-state index contributed by atoms with van der Waals surface area (Å²) in [5, 5.41) is 3.70. The number of rotatable bonds is 32. The van der Waals surface area contributed by atoms with Crippen molar-refractivity contribution in [2.75, 3.05) is 19.6 Å². The van der Waals surface area contributed by atoms with Crippen LogP contribution in [0.5, 0.6) is 0 Å². The summed E-state index contributed by atoms with van der Waals surface area (Å²) in [6.45, 7) is 9.92. The van der Waals surface area contributed by atoms with E-state index in [0.717, 1.165) is 25.5 Å². The molecule has 0 aromatic carbocycles. The molecule has 0 amide bonds. The van der Waals surface area contributed by atoms with Crippen molar-refractivity contribution in [2.24, 2.45) is 16.6 Å². The molecule has 0 saturated heterocycles. The fourth-order valence-electron chi connectivity index (χ4n) is 5.46. The average molecular weight is 536 g/mol. The van der Waals surface area contributed by atoms with E-state index in [1.807, 2.05) is 0 Å². The maximum absolute atomic E-state index is 6.46. The summed E-state index contributed by atoms with van der Waals surface area (Å²) in [6.07, 6.45) is 37.3. The maximum atomic E-state index is 6.46. The lowest BCUT2D eigenvalue weighted by Crippen LogP contribution is -2.34.